The van der Waals surface area contributed by atoms with Crippen molar-refractivity contribution in [1.29, 1.82) is 0 Å². The molecule has 1 aliphatic rings. The van der Waals surface area contributed by atoms with E-state index in [1.165, 1.54) is 0 Å². The van der Waals surface area contributed by atoms with Crippen molar-refractivity contribution in [2.45, 2.75) is 71.8 Å². The zero-order valence-corrected chi connectivity index (χ0v) is 19.1. The van der Waals surface area contributed by atoms with Crippen LogP contribution in [0, 0.1) is 5.92 Å². The molecule has 0 spiro atoms. The Balaban J connectivity index is 1.80. The number of piperidine rings is 1. The maximum absolute atomic E-state index is 12.8. The molecule has 172 valence electrons. The molecule has 0 bridgehead atoms. The lowest BCUT2D eigenvalue weighted by Gasteiger charge is -2.34. The number of alkyl carbamates (subject to hydrolysis) is 1. The Morgan fingerprint density at radius 1 is 1.10 bits per heavy atom. The predicted octanol–water partition coefficient (Wildman–Crippen LogP) is 3.45. The van der Waals surface area contributed by atoms with Crippen LogP contribution in [-0.4, -0.2) is 53.8 Å². The molecular formula is C23H35N3O5. The molecule has 0 aromatic heterocycles. The molecule has 1 aromatic rings. The Morgan fingerprint density at radius 2 is 1.71 bits per heavy atom. The number of amides is 3. The van der Waals surface area contributed by atoms with E-state index in [0.29, 0.717) is 25.9 Å². The number of nitrogens with zero attached hydrogens (tertiary/aromatic N) is 1. The van der Waals surface area contributed by atoms with Gasteiger partial charge in [-0.1, -0.05) is 44.2 Å². The van der Waals surface area contributed by atoms with Crippen molar-refractivity contribution in [3.8, 4) is 0 Å². The van der Waals surface area contributed by atoms with Gasteiger partial charge in [-0.2, -0.15) is 0 Å². The molecule has 2 rings (SSSR count). The van der Waals surface area contributed by atoms with Gasteiger partial charge in [0.1, 0.15) is 18.2 Å². The fourth-order valence-electron chi connectivity index (χ4n) is 3.25. The monoisotopic (exact) mass is 433 g/mol. The summed E-state index contributed by atoms with van der Waals surface area (Å²) in [5.74, 6) is -0.353. The number of benzene rings is 1. The molecule has 1 atom stereocenters. The van der Waals surface area contributed by atoms with E-state index >= 15 is 0 Å². The molecule has 1 heterocycles. The lowest BCUT2D eigenvalue weighted by atomic mass is 10.0. The maximum atomic E-state index is 12.8. The van der Waals surface area contributed by atoms with Crippen LogP contribution in [0.1, 0.15) is 53.0 Å². The van der Waals surface area contributed by atoms with Gasteiger partial charge in [0.2, 0.25) is 5.91 Å². The summed E-state index contributed by atoms with van der Waals surface area (Å²) < 4.78 is 10.6. The van der Waals surface area contributed by atoms with E-state index < -0.39 is 17.7 Å². The Bertz CT molecular complexity index is 737. The van der Waals surface area contributed by atoms with E-state index in [2.05, 4.69) is 10.6 Å². The topological polar surface area (TPSA) is 97.0 Å². The summed E-state index contributed by atoms with van der Waals surface area (Å²) in [4.78, 5) is 38.8. The number of rotatable bonds is 6. The van der Waals surface area contributed by atoms with Gasteiger partial charge >= 0.3 is 12.2 Å². The highest BCUT2D eigenvalue weighted by molar-refractivity contribution is 5.86. The van der Waals surface area contributed by atoms with Crippen LogP contribution in [-0.2, 0) is 20.9 Å². The van der Waals surface area contributed by atoms with Gasteiger partial charge in [-0.25, -0.2) is 9.59 Å². The largest absolute Gasteiger partial charge is 0.445 e. The molecule has 31 heavy (non-hydrogen) atoms. The summed E-state index contributed by atoms with van der Waals surface area (Å²) in [5.41, 5.74) is 0.341. The number of ether oxygens (including phenoxy) is 2. The second-order valence-electron chi connectivity index (χ2n) is 9.18. The fourth-order valence-corrected chi connectivity index (χ4v) is 3.25. The summed E-state index contributed by atoms with van der Waals surface area (Å²) in [6, 6.07) is 8.60. The number of hydrogen-bond donors (Lipinski definition) is 2. The first kappa shape index (κ1) is 24.5. The maximum Gasteiger partial charge on any atom is 0.410 e. The fraction of sp³-hybridized carbons (Fsp3) is 0.609. The summed E-state index contributed by atoms with van der Waals surface area (Å²) in [6.07, 6.45) is 0.306. The summed E-state index contributed by atoms with van der Waals surface area (Å²) in [6.45, 7) is 10.4. The number of carbonyl (C=O) groups excluding carboxylic acids is 3. The summed E-state index contributed by atoms with van der Waals surface area (Å²) in [7, 11) is 0. The van der Waals surface area contributed by atoms with Crippen LogP contribution < -0.4 is 10.6 Å². The molecule has 8 nitrogen and oxygen atoms in total. The smallest absolute Gasteiger partial charge is 0.410 e. The molecular weight excluding hydrogens is 398 g/mol. The average Bonchev–Trinajstić information content (AvgIpc) is 2.70. The lowest BCUT2D eigenvalue weighted by Crippen LogP contribution is -2.54. The van der Waals surface area contributed by atoms with Crippen molar-refractivity contribution in [2.75, 3.05) is 13.1 Å². The second kappa shape index (κ2) is 11.0. The van der Waals surface area contributed by atoms with Gasteiger partial charge < -0.3 is 25.0 Å². The predicted molar refractivity (Wildman–Crippen MR) is 117 cm³/mol. The Kier molecular flexibility index (Phi) is 8.71. The molecule has 1 aromatic carbocycles. The van der Waals surface area contributed by atoms with Crippen LogP contribution in [0.2, 0.25) is 0 Å². The van der Waals surface area contributed by atoms with Crippen molar-refractivity contribution >= 4 is 18.1 Å². The zero-order valence-electron chi connectivity index (χ0n) is 19.1. The third-order valence-electron chi connectivity index (χ3n) is 4.93. The first-order valence-electron chi connectivity index (χ1n) is 10.8. The van der Waals surface area contributed by atoms with Gasteiger partial charge in [0.05, 0.1) is 0 Å². The van der Waals surface area contributed by atoms with Gasteiger partial charge in [-0.15, -0.1) is 0 Å². The minimum atomic E-state index is -0.702. The van der Waals surface area contributed by atoms with E-state index in [9.17, 15) is 14.4 Å². The van der Waals surface area contributed by atoms with Gasteiger partial charge in [0.15, 0.2) is 0 Å². The van der Waals surface area contributed by atoms with Crippen LogP contribution in [0.5, 0.6) is 0 Å². The highest BCUT2D eigenvalue weighted by Gasteiger charge is 2.30. The van der Waals surface area contributed by atoms with Crippen molar-refractivity contribution in [3.63, 3.8) is 0 Å². The van der Waals surface area contributed by atoms with Crippen molar-refractivity contribution < 1.29 is 23.9 Å². The third kappa shape index (κ3) is 8.47. The van der Waals surface area contributed by atoms with Crippen molar-refractivity contribution in [2.24, 2.45) is 5.92 Å². The first-order valence-corrected chi connectivity index (χ1v) is 10.8. The highest BCUT2D eigenvalue weighted by Crippen LogP contribution is 2.16. The minimum absolute atomic E-state index is 0.0606. The van der Waals surface area contributed by atoms with E-state index in [4.69, 9.17) is 9.47 Å². The molecule has 3 amide bonds. The molecule has 0 saturated carbocycles. The Morgan fingerprint density at radius 3 is 2.26 bits per heavy atom. The number of likely N-dealkylation sites (tertiary alicyclic amines) is 1. The number of nitrogens with one attached hydrogen (secondary N) is 2. The Hall–Kier alpha value is -2.77. The van der Waals surface area contributed by atoms with E-state index in [1.807, 2.05) is 65.0 Å². The first-order chi connectivity index (χ1) is 14.5. The Labute approximate surface area is 184 Å². The molecule has 1 saturated heterocycles. The van der Waals surface area contributed by atoms with Gasteiger partial charge in [-0.05, 0) is 45.1 Å². The lowest BCUT2D eigenvalue weighted by molar-refractivity contribution is -0.125. The SMILES string of the molecule is CC(C)[C@H](NC(=O)OCc1ccccc1)C(=O)NC1CCN(C(=O)OC(C)(C)C)CC1. The summed E-state index contributed by atoms with van der Waals surface area (Å²) >= 11 is 0. The van der Waals surface area contributed by atoms with Gasteiger partial charge in [0.25, 0.3) is 0 Å². The van der Waals surface area contributed by atoms with E-state index in [0.717, 1.165) is 5.56 Å². The zero-order chi connectivity index (χ0) is 23.0. The van der Waals surface area contributed by atoms with E-state index in [1.54, 1.807) is 4.90 Å². The third-order valence-corrected chi connectivity index (χ3v) is 4.93. The van der Waals surface area contributed by atoms with Crippen LogP contribution >= 0.6 is 0 Å². The van der Waals surface area contributed by atoms with Gasteiger partial charge in [0, 0.05) is 19.1 Å². The molecule has 2 N–H and O–H groups in total. The second-order valence-corrected chi connectivity index (χ2v) is 9.18. The van der Waals surface area contributed by atoms with Crippen LogP contribution in [0.4, 0.5) is 9.59 Å². The van der Waals surface area contributed by atoms with Crippen molar-refractivity contribution in [1.82, 2.24) is 15.5 Å². The standard InChI is InChI=1S/C23H35N3O5/c1-16(2)19(25-21(28)30-15-17-9-7-6-8-10-17)20(27)24-18-11-13-26(14-12-18)22(29)31-23(3,4)5/h6-10,16,18-19H,11-15H2,1-5H3,(H,24,27)(H,25,28)/t19-/m0/s1. The number of hydrogen-bond acceptors (Lipinski definition) is 5. The molecule has 1 fully saturated rings. The van der Waals surface area contributed by atoms with E-state index in [-0.39, 0.29) is 30.6 Å². The average molecular weight is 434 g/mol. The quantitative estimate of drug-likeness (QED) is 0.716. The normalized spacial score (nSPS) is 15.9. The van der Waals surface area contributed by atoms with Crippen molar-refractivity contribution in [3.05, 3.63) is 35.9 Å². The van der Waals surface area contributed by atoms with Crippen LogP contribution in [0.15, 0.2) is 30.3 Å². The molecule has 0 radical (unpaired) electrons. The van der Waals surface area contributed by atoms with Crippen LogP contribution in [0.3, 0.4) is 0 Å². The van der Waals surface area contributed by atoms with Gasteiger partial charge in [-0.3, -0.25) is 4.79 Å². The van der Waals surface area contributed by atoms with Crippen LogP contribution in [0.25, 0.3) is 0 Å². The molecule has 1 aliphatic heterocycles. The summed E-state index contributed by atoms with van der Waals surface area (Å²) in [5, 5.41) is 5.67. The minimum Gasteiger partial charge on any atom is -0.445 e. The molecule has 0 aliphatic carbocycles. The molecule has 0 unspecified atom stereocenters. The number of carbonyl (C=O) groups is 3. The highest BCUT2D eigenvalue weighted by atomic mass is 16.6. The molecule has 8 heteroatoms.